The van der Waals surface area contributed by atoms with Gasteiger partial charge in [0.25, 0.3) is 0 Å². The molecule has 1 aromatic heterocycles. The van der Waals surface area contributed by atoms with Gasteiger partial charge in [0, 0.05) is 23.0 Å². The van der Waals surface area contributed by atoms with Crippen molar-refractivity contribution in [3.8, 4) is 0 Å². The lowest BCUT2D eigenvalue weighted by Gasteiger charge is -2.21. The monoisotopic (exact) mass is 335 g/mol. The zero-order valence-corrected chi connectivity index (χ0v) is 12.9. The van der Waals surface area contributed by atoms with E-state index < -0.39 is 0 Å². The number of halogens is 1. The summed E-state index contributed by atoms with van der Waals surface area (Å²) < 4.78 is 6.67. The van der Waals surface area contributed by atoms with Crippen molar-refractivity contribution in [1.29, 1.82) is 0 Å². The van der Waals surface area contributed by atoms with Gasteiger partial charge in [-0.25, -0.2) is 4.98 Å². The van der Waals surface area contributed by atoms with Gasteiger partial charge in [0.2, 0.25) is 0 Å². The molecular weight excluding hydrogens is 318 g/mol. The van der Waals surface area contributed by atoms with Crippen molar-refractivity contribution in [3.05, 3.63) is 28.5 Å². The van der Waals surface area contributed by atoms with Gasteiger partial charge in [-0.3, -0.25) is 4.90 Å². The lowest BCUT2D eigenvalue weighted by atomic mass is 9.87. The molecule has 1 atom stereocenters. The highest BCUT2D eigenvalue weighted by molar-refractivity contribution is 9.10. The Morgan fingerprint density at radius 2 is 2.35 bits per heavy atom. The minimum atomic E-state index is 0.426. The van der Waals surface area contributed by atoms with E-state index in [0.717, 1.165) is 54.2 Å². The molecule has 0 radical (unpaired) electrons. The number of H-pyrrole nitrogens is 1. The molecule has 3 heterocycles. The molecule has 0 amide bonds. The molecule has 1 N–H and O–H groups in total. The van der Waals surface area contributed by atoms with E-state index in [2.05, 4.69) is 42.9 Å². The fraction of sp³-hybridized carbons (Fsp3) is 0.533. The molecule has 0 aliphatic carbocycles. The summed E-state index contributed by atoms with van der Waals surface area (Å²) in [7, 11) is 0. The smallest absolute Gasteiger partial charge is 0.121 e. The normalized spacial score (nSPS) is 27.1. The number of benzene rings is 1. The SMILES string of the molecule is Brc1ccc2nc(CN3CC[C@@]4(CCOC4)C3)[nH]c2c1. The molecule has 2 saturated heterocycles. The molecule has 2 aliphatic heterocycles. The van der Waals surface area contributed by atoms with E-state index in [9.17, 15) is 0 Å². The van der Waals surface area contributed by atoms with E-state index in [-0.39, 0.29) is 0 Å². The van der Waals surface area contributed by atoms with Gasteiger partial charge in [0.05, 0.1) is 24.2 Å². The van der Waals surface area contributed by atoms with E-state index in [1.165, 1.54) is 12.8 Å². The van der Waals surface area contributed by atoms with Gasteiger partial charge in [-0.1, -0.05) is 15.9 Å². The van der Waals surface area contributed by atoms with Crippen LogP contribution in [0.15, 0.2) is 22.7 Å². The number of imidazole rings is 1. The zero-order chi connectivity index (χ0) is 13.6. The molecule has 4 rings (SSSR count). The molecule has 2 aliphatic rings. The third-order valence-electron chi connectivity index (χ3n) is 4.57. The van der Waals surface area contributed by atoms with Gasteiger partial charge in [-0.05, 0) is 37.6 Å². The Labute approximate surface area is 126 Å². The number of likely N-dealkylation sites (tertiary alicyclic amines) is 1. The minimum Gasteiger partial charge on any atom is -0.381 e. The number of aromatic nitrogens is 2. The van der Waals surface area contributed by atoms with Gasteiger partial charge in [-0.2, -0.15) is 0 Å². The molecule has 0 saturated carbocycles. The maximum atomic E-state index is 5.59. The van der Waals surface area contributed by atoms with E-state index in [0.29, 0.717) is 5.41 Å². The molecule has 0 bridgehead atoms. The summed E-state index contributed by atoms with van der Waals surface area (Å²) in [4.78, 5) is 10.6. The molecule has 106 valence electrons. The van der Waals surface area contributed by atoms with Crippen molar-refractivity contribution in [2.75, 3.05) is 26.3 Å². The summed E-state index contributed by atoms with van der Waals surface area (Å²) in [6, 6.07) is 6.17. The maximum Gasteiger partial charge on any atom is 0.121 e. The van der Waals surface area contributed by atoms with Gasteiger partial charge in [0.15, 0.2) is 0 Å². The number of ether oxygens (including phenoxy) is 1. The Balaban J connectivity index is 1.50. The second kappa shape index (κ2) is 4.83. The highest BCUT2D eigenvalue weighted by Crippen LogP contribution is 2.38. The van der Waals surface area contributed by atoms with Crippen LogP contribution in [0, 0.1) is 5.41 Å². The highest BCUT2D eigenvalue weighted by atomic mass is 79.9. The van der Waals surface area contributed by atoms with Crippen molar-refractivity contribution >= 4 is 27.0 Å². The Bertz CT molecular complexity index is 633. The van der Waals surface area contributed by atoms with Gasteiger partial charge < -0.3 is 9.72 Å². The third-order valence-corrected chi connectivity index (χ3v) is 5.06. The van der Waals surface area contributed by atoms with E-state index in [1.807, 2.05) is 6.07 Å². The number of rotatable bonds is 2. The first-order valence-electron chi connectivity index (χ1n) is 7.17. The number of aromatic amines is 1. The van der Waals surface area contributed by atoms with Crippen molar-refractivity contribution in [3.63, 3.8) is 0 Å². The summed E-state index contributed by atoms with van der Waals surface area (Å²) in [6.45, 7) is 5.09. The van der Waals surface area contributed by atoms with Crippen LogP contribution in [-0.4, -0.2) is 41.2 Å². The van der Waals surface area contributed by atoms with Gasteiger partial charge in [-0.15, -0.1) is 0 Å². The van der Waals surface area contributed by atoms with Gasteiger partial charge >= 0.3 is 0 Å². The van der Waals surface area contributed by atoms with Crippen LogP contribution in [0.4, 0.5) is 0 Å². The van der Waals surface area contributed by atoms with Crippen LogP contribution in [0.25, 0.3) is 11.0 Å². The second-order valence-corrected chi connectivity index (χ2v) is 7.02. The quantitative estimate of drug-likeness (QED) is 0.917. The van der Waals surface area contributed by atoms with Crippen LogP contribution >= 0.6 is 15.9 Å². The Morgan fingerprint density at radius 3 is 3.20 bits per heavy atom. The summed E-state index contributed by atoms with van der Waals surface area (Å²) in [6.07, 6.45) is 2.48. The van der Waals surface area contributed by atoms with Crippen molar-refractivity contribution in [1.82, 2.24) is 14.9 Å². The van der Waals surface area contributed by atoms with E-state index >= 15 is 0 Å². The number of nitrogens with one attached hydrogen (secondary N) is 1. The van der Waals surface area contributed by atoms with Crippen LogP contribution in [0.3, 0.4) is 0 Å². The molecule has 1 spiro atoms. The number of hydrogen-bond acceptors (Lipinski definition) is 3. The zero-order valence-electron chi connectivity index (χ0n) is 11.4. The first kappa shape index (κ1) is 12.8. The summed E-state index contributed by atoms with van der Waals surface area (Å²) in [5.74, 6) is 1.06. The molecule has 2 fully saturated rings. The highest BCUT2D eigenvalue weighted by Gasteiger charge is 2.41. The average Bonchev–Trinajstić information content (AvgIpc) is 3.12. The van der Waals surface area contributed by atoms with Crippen LogP contribution in [0.1, 0.15) is 18.7 Å². The Morgan fingerprint density at radius 1 is 1.40 bits per heavy atom. The largest absolute Gasteiger partial charge is 0.381 e. The first-order chi connectivity index (χ1) is 9.72. The van der Waals surface area contributed by atoms with Crippen LogP contribution in [0.5, 0.6) is 0 Å². The second-order valence-electron chi connectivity index (χ2n) is 6.11. The maximum absolute atomic E-state index is 5.59. The van der Waals surface area contributed by atoms with Gasteiger partial charge in [0.1, 0.15) is 5.82 Å². The standard InChI is InChI=1S/C15H18BrN3O/c16-11-1-2-12-13(7-11)18-14(17-12)8-19-5-3-15(9-19)4-6-20-10-15/h1-2,7H,3-6,8-10H2,(H,17,18)/t15-/m1/s1. The van der Waals surface area contributed by atoms with Crippen LogP contribution in [0.2, 0.25) is 0 Å². The van der Waals surface area contributed by atoms with Crippen molar-refractivity contribution < 1.29 is 4.74 Å². The molecule has 0 unspecified atom stereocenters. The average molecular weight is 336 g/mol. The lowest BCUT2D eigenvalue weighted by molar-refractivity contribution is 0.151. The molecule has 4 nitrogen and oxygen atoms in total. The third kappa shape index (κ3) is 2.28. The number of hydrogen-bond donors (Lipinski definition) is 1. The Kier molecular flexibility index (Phi) is 3.09. The van der Waals surface area contributed by atoms with Crippen LogP contribution < -0.4 is 0 Å². The molecule has 20 heavy (non-hydrogen) atoms. The Hall–Kier alpha value is -0.910. The summed E-state index contributed by atoms with van der Waals surface area (Å²) >= 11 is 3.50. The van der Waals surface area contributed by atoms with E-state index in [1.54, 1.807) is 0 Å². The fourth-order valence-electron chi connectivity index (χ4n) is 3.46. The predicted octanol–water partition coefficient (Wildman–Crippen LogP) is 2.94. The topological polar surface area (TPSA) is 41.2 Å². The molecule has 1 aromatic carbocycles. The summed E-state index contributed by atoms with van der Waals surface area (Å²) in [5, 5.41) is 0. The molecule has 5 heteroatoms. The van der Waals surface area contributed by atoms with E-state index in [4.69, 9.17) is 4.74 Å². The fourth-order valence-corrected chi connectivity index (χ4v) is 3.82. The molecule has 2 aromatic rings. The van der Waals surface area contributed by atoms with Crippen LogP contribution in [-0.2, 0) is 11.3 Å². The number of nitrogens with zero attached hydrogens (tertiary/aromatic N) is 2. The first-order valence-corrected chi connectivity index (χ1v) is 7.96. The minimum absolute atomic E-state index is 0.426. The predicted molar refractivity (Wildman–Crippen MR) is 81.6 cm³/mol. The molecular formula is C15H18BrN3O. The van der Waals surface area contributed by atoms with Crippen molar-refractivity contribution in [2.45, 2.75) is 19.4 Å². The lowest BCUT2D eigenvalue weighted by Crippen LogP contribution is -2.27. The summed E-state index contributed by atoms with van der Waals surface area (Å²) in [5.41, 5.74) is 2.57. The van der Waals surface area contributed by atoms with Crippen molar-refractivity contribution in [2.24, 2.45) is 5.41 Å². The number of fused-ring (bicyclic) bond motifs is 1.